The molecule has 2 aromatic rings. The van der Waals surface area contributed by atoms with Crippen molar-refractivity contribution >= 4 is 27.5 Å². The summed E-state index contributed by atoms with van der Waals surface area (Å²) in [6.07, 6.45) is 0.544. The van der Waals surface area contributed by atoms with Gasteiger partial charge in [-0.15, -0.1) is 0 Å². The van der Waals surface area contributed by atoms with E-state index >= 15 is 0 Å². The molecule has 1 N–H and O–H groups in total. The van der Waals surface area contributed by atoms with Gasteiger partial charge in [-0.3, -0.25) is 9.59 Å². The maximum Gasteiger partial charge on any atom is 0.251 e. The lowest BCUT2D eigenvalue weighted by Gasteiger charge is -2.15. The summed E-state index contributed by atoms with van der Waals surface area (Å²) in [6.45, 7) is 1.96. The van der Waals surface area contributed by atoms with Crippen molar-refractivity contribution in [1.29, 1.82) is 0 Å². The Bertz CT molecular complexity index is 1050. The zero-order valence-corrected chi connectivity index (χ0v) is 17.9. The molecule has 9 heteroatoms. The fourth-order valence-electron chi connectivity index (χ4n) is 3.33. The van der Waals surface area contributed by atoms with Gasteiger partial charge < -0.3 is 14.8 Å². The molecule has 1 atom stereocenters. The van der Waals surface area contributed by atoms with E-state index in [0.29, 0.717) is 30.0 Å². The van der Waals surface area contributed by atoms with E-state index in [4.69, 9.17) is 9.47 Å². The third-order valence-electron chi connectivity index (χ3n) is 4.89. The zero-order valence-electron chi connectivity index (χ0n) is 17.0. The van der Waals surface area contributed by atoms with Crippen LogP contribution in [0.5, 0.6) is 11.5 Å². The van der Waals surface area contributed by atoms with Gasteiger partial charge in [-0.25, -0.2) is 12.7 Å². The van der Waals surface area contributed by atoms with Gasteiger partial charge in [0.2, 0.25) is 15.9 Å². The number of sulfonamides is 1. The average Bonchev–Trinajstić information content (AvgIpc) is 2.94. The van der Waals surface area contributed by atoms with E-state index in [0.717, 1.165) is 9.87 Å². The summed E-state index contributed by atoms with van der Waals surface area (Å²) in [6, 6.07) is 11.4. The van der Waals surface area contributed by atoms with Gasteiger partial charge in [0, 0.05) is 12.1 Å². The molecule has 1 aliphatic rings. The topological polar surface area (TPSA) is 102 Å². The van der Waals surface area contributed by atoms with Gasteiger partial charge in [0.25, 0.3) is 5.91 Å². The third-order valence-corrected chi connectivity index (χ3v) is 6.76. The van der Waals surface area contributed by atoms with Crippen LogP contribution in [0.25, 0.3) is 0 Å². The SMILES string of the molecule is COc1ccc(OC)c(CCNC(=O)c2ccc(N3C(=O)[C@H](C)CS3(=O)=O)cc2)c1. The Morgan fingerprint density at radius 2 is 1.83 bits per heavy atom. The minimum Gasteiger partial charge on any atom is -0.497 e. The number of anilines is 1. The van der Waals surface area contributed by atoms with Crippen molar-refractivity contribution in [2.45, 2.75) is 13.3 Å². The highest BCUT2D eigenvalue weighted by atomic mass is 32.2. The number of nitrogens with zero attached hydrogens (tertiary/aromatic N) is 1. The fraction of sp³-hybridized carbons (Fsp3) is 0.333. The number of benzene rings is 2. The summed E-state index contributed by atoms with van der Waals surface area (Å²) < 4.78 is 35.7. The molecule has 3 rings (SSSR count). The van der Waals surface area contributed by atoms with Crippen LogP contribution in [0.3, 0.4) is 0 Å². The van der Waals surface area contributed by atoms with Crippen LogP contribution in [0.4, 0.5) is 5.69 Å². The molecule has 0 saturated carbocycles. The number of nitrogens with one attached hydrogen (secondary N) is 1. The zero-order chi connectivity index (χ0) is 21.9. The molecule has 0 radical (unpaired) electrons. The molecular formula is C21H24N2O6S. The van der Waals surface area contributed by atoms with Gasteiger partial charge in [-0.2, -0.15) is 0 Å². The smallest absolute Gasteiger partial charge is 0.251 e. The summed E-state index contributed by atoms with van der Waals surface area (Å²) in [7, 11) is -0.505. The van der Waals surface area contributed by atoms with Crippen LogP contribution < -0.4 is 19.1 Å². The molecule has 1 heterocycles. The van der Waals surface area contributed by atoms with Crippen molar-refractivity contribution in [1.82, 2.24) is 5.32 Å². The molecule has 0 aliphatic carbocycles. The lowest BCUT2D eigenvalue weighted by atomic mass is 10.1. The Morgan fingerprint density at radius 1 is 1.13 bits per heavy atom. The second kappa shape index (κ2) is 8.74. The first-order valence-corrected chi connectivity index (χ1v) is 11.0. The molecular weight excluding hydrogens is 408 g/mol. The minimum atomic E-state index is -3.67. The normalized spacial score (nSPS) is 17.6. The van der Waals surface area contributed by atoms with E-state index in [1.165, 1.54) is 24.3 Å². The quantitative estimate of drug-likeness (QED) is 0.718. The van der Waals surface area contributed by atoms with Crippen LogP contribution in [0.1, 0.15) is 22.8 Å². The summed E-state index contributed by atoms with van der Waals surface area (Å²) in [4.78, 5) is 24.6. The lowest BCUT2D eigenvalue weighted by molar-refractivity contribution is -0.119. The van der Waals surface area contributed by atoms with E-state index < -0.39 is 21.8 Å². The van der Waals surface area contributed by atoms with Crippen molar-refractivity contribution in [3.05, 3.63) is 53.6 Å². The molecule has 0 bridgehead atoms. The molecule has 8 nitrogen and oxygen atoms in total. The van der Waals surface area contributed by atoms with Gasteiger partial charge in [-0.1, -0.05) is 6.92 Å². The summed E-state index contributed by atoms with van der Waals surface area (Å²) >= 11 is 0. The predicted molar refractivity (Wildman–Crippen MR) is 112 cm³/mol. The van der Waals surface area contributed by atoms with Gasteiger partial charge >= 0.3 is 0 Å². The first-order valence-electron chi connectivity index (χ1n) is 9.43. The summed E-state index contributed by atoms with van der Waals surface area (Å²) in [5.74, 6) is -0.131. The van der Waals surface area contributed by atoms with Crippen molar-refractivity contribution in [3.8, 4) is 11.5 Å². The van der Waals surface area contributed by atoms with E-state index in [9.17, 15) is 18.0 Å². The molecule has 2 amide bonds. The highest BCUT2D eigenvalue weighted by Crippen LogP contribution is 2.28. The maximum absolute atomic E-state index is 12.4. The van der Waals surface area contributed by atoms with Gasteiger partial charge in [-0.05, 0) is 54.4 Å². The molecule has 30 heavy (non-hydrogen) atoms. The van der Waals surface area contributed by atoms with Crippen molar-refractivity contribution in [2.75, 3.05) is 30.8 Å². The third kappa shape index (κ3) is 4.40. The van der Waals surface area contributed by atoms with E-state index in [-0.39, 0.29) is 17.3 Å². The number of amides is 2. The number of hydrogen-bond acceptors (Lipinski definition) is 6. The van der Waals surface area contributed by atoms with E-state index in [2.05, 4.69) is 5.32 Å². The van der Waals surface area contributed by atoms with Crippen LogP contribution in [0, 0.1) is 5.92 Å². The average molecular weight is 432 g/mol. The van der Waals surface area contributed by atoms with Crippen LogP contribution in [0.2, 0.25) is 0 Å². The first kappa shape index (κ1) is 21.6. The Kier molecular flexibility index (Phi) is 6.31. The Labute approximate surface area is 175 Å². The van der Waals surface area contributed by atoms with Crippen molar-refractivity contribution in [2.24, 2.45) is 5.92 Å². The molecule has 0 unspecified atom stereocenters. The highest BCUT2D eigenvalue weighted by Gasteiger charge is 2.41. The van der Waals surface area contributed by atoms with Gasteiger partial charge in [0.05, 0.1) is 31.6 Å². The van der Waals surface area contributed by atoms with Gasteiger partial charge in [0.1, 0.15) is 11.5 Å². The number of carbonyl (C=O) groups excluding carboxylic acids is 2. The molecule has 1 saturated heterocycles. The Morgan fingerprint density at radius 3 is 2.40 bits per heavy atom. The van der Waals surface area contributed by atoms with E-state index in [1.807, 2.05) is 12.1 Å². The molecule has 0 aromatic heterocycles. The minimum absolute atomic E-state index is 0.207. The molecule has 0 spiro atoms. The Balaban J connectivity index is 1.64. The fourth-order valence-corrected chi connectivity index (χ4v) is 5.15. The highest BCUT2D eigenvalue weighted by molar-refractivity contribution is 7.94. The number of rotatable bonds is 7. The predicted octanol–water partition coefficient (Wildman–Crippen LogP) is 1.99. The summed E-state index contributed by atoms with van der Waals surface area (Å²) in [5.41, 5.74) is 1.51. The Hall–Kier alpha value is -3.07. The van der Waals surface area contributed by atoms with Gasteiger partial charge in [0.15, 0.2) is 0 Å². The van der Waals surface area contributed by atoms with Crippen molar-refractivity contribution < 1.29 is 27.5 Å². The second-order valence-electron chi connectivity index (χ2n) is 7.01. The molecule has 1 aliphatic heterocycles. The van der Waals surface area contributed by atoms with Crippen LogP contribution in [-0.2, 0) is 21.2 Å². The van der Waals surface area contributed by atoms with E-state index in [1.54, 1.807) is 27.2 Å². The van der Waals surface area contributed by atoms with Crippen LogP contribution in [-0.4, -0.2) is 46.7 Å². The second-order valence-corrected chi connectivity index (χ2v) is 8.88. The lowest BCUT2D eigenvalue weighted by Crippen LogP contribution is -2.30. The number of methoxy groups -OCH3 is 2. The first-order chi connectivity index (χ1) is 14.3. The van der Waals surface area contributed by atoms with Crippen LogP contribution in [0.15, 0.2) is 42.5 Å². The monoisotopic (exact) mass is 432 g/mol. The number of carbonyl (C=O) groups is 2. The largest absolute Gasteiger partial charge is 0.497 e. The van der Waals surface area contributed by atoms with Crippen molar-refractivity contribution in [3.63, 3.8) is 0 Å². The number of hydrogen-bond donors (Lipinski definition) is 1. The standard InChI is InChI=1S/C21H24N2O6S/c1-14-13-30(26,27)23(21(14)25)17-6-4-15(5-7-17)20(24)22-11-10-16-12-18(28-2)8-9-19(16)29-3/h4-9,12,14H,10-11,13H2,1-3H3,(H,22,24)/t14-/m1/s1. The molecule has 1 fully saturated rings. The number of ether oxygens (including phenoxy) is 2. The molecule has 160 valence electrons. The maximum atomic E-state index is 12.4. The summed E-state index contributed by atoms with van der Waals surface area (Å²) in [5, 5.41) is 2.82. The van der Waals surface area contributed by atoms with Crippen LogP contribution >= 0.6 is 0 Å². The molecule has 2 aromatic carbocycles.